The summed E-state index contributed by atoms with van der Waals surface area (Å²) in [6.45, 7) is 1.88. The molecule has 28 heavy (non-hydrogen) atoms. The number of ether oxygens (including phenoxy) is 2. The summed E-state index contributed by atoms with van der Waals surface area (Å²) in [7, 11) is 3.13. The average Bonchev–Trinajstić information content (AvgIpc) is 3.44. The molecule has 1 fully saturated rings. The van der Waals surface area contributed by atoms with Crippen LogP contribution in [0.15, 0.2) is 36.4 Å². The summed E-state index contributed by atoms with van der Waals surface area (Å²) in [4.78, 5) is 12.8. The molecule has 0 radical (unpaired) electrons. The van der Waals surface area contributed by atoms with E-state index in [2.05, 4.69) is 20.8 Å². The Hall–Kier alpha value is -3.42. The second-order valence-electron chi connectivity index (χ2n) is 6.72. The van der Waals surface area contributed by atoms with Crippen molar-refractivity contribution in [1.82, 2.24) is 20.2 Å². The molecule has 0 bridgehead atoms. The molecule has 1 amide bonds. The first kappa shape index (κ1) is 18.0. The Morgan fingerprint density at radius 3 is 2.50 bits per heavy atom. The fourth-order valence-corrected chi connectivity index (χ4v) is 3.11. The molecule has 1 aliphatic rings. The van der Waals surface area contributed by atoms with Crippen molar-refractivity contribution in [3.63, 3.8) is 0 Å². The molecule has 2 aromatic carbocycles. The van der Waals surface area contributed by atoms with E-state index >= 15 is 0 Å². The monoisotopic (exact) mass is 379 g/mol. The molecule has 3 aromatic rings. The lowest BCUT2D eigenvalue weighted by Crippen LogP contribution is -2.13. The van der Waals surface area contributed by atoms with Crippen LogP contribution < -0.4 is 14.8 Å². The maximum absolute atomic E-state index is 12.8. The number of carbonyl (C=O) groups excluding carboxylic acids is 1. The Morgan fingerprint density at radius 1 is 1.14 bits per heavy atom. The minimum absolute atomic E-state index is 0.254. The average molecular weight is 379 g/mol. The maximum atomic E-state index is 12.8. The van der Waals surface area contributed by atoms with Crippen LogP contribution in [0.25, 0.3) is 11.4 Å². The number of aromatic nitrogens is 4. The predicted molar refractivity (Wildman–Crippen MR) is 104 cm³/mol. The Bertz CT molecular complexity index is 1000. The number of nitrogens with one attached hydrogen (secondary N) is 1. The third-order valence-corrected chi connectivity index (χ3v) is 4.78. The lowest BCUT2D eigenvalue weighted by Gasteiger charge is -2.13. The first-order valence-corrected chi connectivity index (χ1v) is 9.03. The van der Waals surface area contributed by atoms with E-state index in [9.17, 15) is 4.79 Å². The van der Waals surface area contributed by atoms with Crippen molar-refractivity contribution in [1.29, 1.82) is 0 Å². The quantitative estimate of drug-likeness (QED) is 0.707. The van der Waals surface area contributed by atoms with Crippen LogP contribution in [0.3, 0.4) is 0 Å². The highest BCUT2D eigenvalue weighted by Gasteiger charge is 2.28. The van der Waals surface area contributed by atoms with Crippen LogP contribution in [-0.4, -0.2) is 40.3 Å². The first-order chi connectivity index (χ1) is 13.6. The van der Waals surface area contributed by atoms with E-state index in [0.29, 0.717) is 34.6 Å². The van der Waals surface area contributed by atoms with E-state index in [-0.39, 0.29) is 5.91 Å². The van der Waals surface area contributed by atoms with Crippen LogP contribution in [-0.2, 0) is 0 Å². The molecule has 1 aromatic heterocycles. The molecule has 144 valence electrons. The lowest BCUT2D eigenvalue weighted by molar-refractivity contribution is 0.102. The van der Waals surface area contributed by atoms with Crippen LogP contribution in [0, 0.1) is 6.92 Å². The number of hydrogen-bond acceptors (Lipinski definition) is 6. The minimum atomic E-state index is -0.254. The third kappa shape index (κ3) is 3.40. The molecule has 1 heterocycles. The predicted octanol–water partition coefficient (Wildman–Crippen LogP) is 3.25. The van der Waals surface area contributed by atoms with Crippen molar-refractivity contribution in [3.8, 4) is 22.9 Å². The van der Waals surface area contributed by atoms with Crippen molar-refractivity contribution in [2.45, 2.75) is 25.8 Å². The van der Waals surface area contributed by atoms with Gasteiger partial charge in [-0.05, 0) is 54.5 Å². The van der Waals surface area contributed by atoms with E-state index in [0.717, 1.165) is 24.0 Å². The van der Waals surface area contributed by atoms with E-state index in [1.165, 1.54) is 0 Å². The van der Waals surface area contributed by atoms with Gasteiger partial charge in [0, 0.05) is 22.4 Å². The summed E-state index contributed by atoms with van der Waals surface area (Å²) in [5.41, 5.74) is 2.81. The Morgan fingerprint density at radius 2 is 1.86 bits per heavy atom. The molecular formula is C20H21N5O3. The molecule has 4 rings (SSSR count). The summed E-state index contributed by atoms with van der Waals surface area (Å²) < 4.78 is 12.6. The normalized spacial score (nSPS) is 13.2. The third-order valence-electron chi connectivity index (χ3n) is 4.78. The van der Waals surface area contributed by atoms with Gasteiger partial charge in [0.15, 0.2) is 5.82 Å². The van der Waals surface area contributed by atoms with E-state index in [4.69, 9.17) is 9.47 Å². The number of methoxy groups -OCH3 is 2. The topological polar surface area (TPSA) is 91.2 Å². The zero-order valence-electron chi connectivity index (χ0n) is 16.0. The number of hydrogen-bond donors (Lipinski definition) is 1. The molecule has 8 nitrogen and oxygen atoms in total. The number of anilines is 1. The van der Waals surface area contributed by atoms with Gasteiger partial charge in [-0.1, -0.05) is 12.1 Å². The number of rotatable bonds is 6. The van der Waals surface area contributed by atoms with Crippen molar-refractivity contribution >= 4 is 11.6 Å². The van der Waals surface area contributed by atoms with Gasteiger partial charge in [0.2, 0.25) is 0 Å². The first-order valence-electron chi connectivity index (χ1n) is 9.03. The Balaban J connectivity index is 1.59. The van der Waals surface area contributed by atoms with E-state index in [1.54, 1.807) is 26.4 Å². The molecule has 0 saturated heterocycles. The fourth-order valence-electron chi connectivity index (χ4n) is 3.11. The van der Waals surface area contributed by atoms with Crippen LogP contribution >= 0.6 is 0 Å². The van der Waals surface area contributed by atoms with Crippen molar-refractivity contribution in [2.75, 3.05) is 19.5 Å². The summed E-state index contributed by atoms with van der Waals surface area (Å²) >= 11 is 0. The van der Waals surface area contributed by atoms with Gasteiger partial charge in [0.05, 0.1) is 20.3 Å². The highest BCUT2D eigenvalue weighted by molar-refractivity contribution is 6.05. The molecule has 8 heteroatoms. The van der Waals surface area contributed by atoms with Gasteiger partial charge in [-0.2, -0.15) is 0 Å². The molecule has 0 unspecified atom stereocenters. The molecule has 1 N–H and O–H groups in total. The van der Waals surface area contributed by atoms with Crippen LogP contribution in [0.5, 0.6) is 11.5 Å². The second-order valence-corrected chi connectivity index (χ2v) is 6.72. The molecule has 0 spiro atoms. The van der Waals surface area contributed by atoms with Gasteiger partial charge in [-0.3, -0.25) is 4.79 Å². The van der Waals surface area contributed by atoms with Crippen LogP contribution in [0.2, 0.25) is 0 Å². The molecule has 0 aliphatic heterocycles. The van der Waals surface area contributed by atoms with Crippen LogP contribution in [0.1, 0.15) is 34.8 Å². The summed E-state index contributed by atoms with van der Waals surface area (Å²) in [6, 6.07) is 11.3. The smallest absolute Gasteiger partial charge is 0.255 e. The Kier molecular flexibility index (Phi) is 4.68. The van der Waals surface area contributed by atoms with E-state index in [1.807, 2.05) is 35.9 Å². The molecular weight excluding hydrogens is 358 g/mol. The van der Waals surface area contributed by atoms with Crippen molar-refractivity contribution in [2.24, 2.45) is 0 Å². The fraction of sp³-hybridized carbons (Fsp3) is 0.300. The highest BCUT2D eigenvalue weighted by atomic mass is 16.5. The van der Waals surface area contributed by atoms with Gasteiger partial charge in [0.25, 0.3) is 5.91 Å². The summed E-state index contributed by atoms with van der Waals surface area (Å²) in [5.74, 6) is 1.65. The lowest BCUT2D eigenvalue weighted by atomic mass is 10.1. The number of carbonyl (C=O) groups is 1. The molecule has 0 atom stereocenters. The number of benzene rings is 2. The van der Waals surface area contributed by atoms with Gasteiger partial charge < -0.3 is 14.8 Å². The zero-order chi connectivity index (χ0) is 19.7. The van der Waals surface area contributed by atoms with Crippen molar-refractivity contribution < 1.29 is 14.3 Å². The van der Waals surface area contributed by atoms with E-state index < -0.39 is 0 Å². The SMILES string of the molecule is COc1cc(C(=O)Nc2cccc(-c3nnnn3C3CC3)c2)cc(OC)c1C. The zero-order valence-corrected chi connectivity index (χ0v) is 16.0. The summed E-state index contributed by atoms with van der Waals surface area (Å²) in [6.07, 6.45) is 2.18. The van der Waals surface area contributed by atoms with Gasteiger partial charge in [-0.25, -0.2) is 4.68 Å². The number of tetrazole rings is 1. The standard InChI is InChI=1S/C20H21N5O3/c1-12-17(27-2)10-14(11-18(12)28-3)20(26)21-15-6-4-5-13(9-15)19-22-23-24-25(19)16-7-8-16/h4-6,9-11,16H,7-8H2,1-3H3,(H,21,26). The Labute approximate surface area is 162 Å². The van der Waals surface area contributed by atoms with Crippen LogP contribution in [0.4, 0.5) is 5.69 Å². The van der Waals surface area contributed by atoms with Gasteiger partial charge in [0.1, 0.15) is 11.5 Å². The van der Waals surface area contributed by atoms with Gasteiger partial charge in [-0.15, -0.1) is 5.10 Å². The number of amides is 1. The second kappa shape index (κ2) is 7.30. The minimum Gasteiger partial charge on any atom is -0.496 e. The van der Waals surface area contributed by atoms with Crippen molar-refractivity contribution in [3.05, 3.63) is 47.5 Å². The maximum Gasteiger partial charge on any atom is 0.255 e. The molecule has 1 saturated carbocycles. The largest absolute Gasteiger partial charge is 0.496 e. The highest BCUT2D eigenvalue weighted by Crippen LogP contribution is 2.37. The summed E-state index contributed by atoms with van der Waals surface area (Å²) in [5, 5.41) is 14.9. The molecule has 1 aliphatic carbocycles. The van der Waals surface area contributed by atoms with Gasteiger partial charge >= 0.3 is 0 Å². The number of nitrogens with zero attached hydrogens (tertiary/aromatic N) is 4.